The first kappa shape index (κ1) is 21.5. The number of hydrogen-bond donors (Lipinski definition) is 2. The quantitative estimate of drug-likeness (QED) is 0.452. The highest BCUT2D eigenvalue weighted by Gasteiger charge is 2.14. The van der Waals surface area contributed by atoms with E-state index in [0.29, 0.717) is 40.9 Å². The minimum absolute atomic E-state index is 0.0407. The van der Waals surface area contributed by atoms with Crippen molar-refractivity contribution in [2.24, 2.45) is 0 Å². The van der Waals surface area contributed by atoms with Crippen LogP contribution in [0, 0.1) is 5.82 Å². The molecule has 0 fully saturated rings. The number of carbonyl (C=O) groups is 1. The van der Waals surface area contributed by atoms with Gasteiger partial charge >= 0.3 is 5.97 Å². The van der Waals surface area contributed by atoms with Gasteiger partial charge in [-0.1, -0.05) is 41.9 Å². The molecule has 0 saturated carbocycles. The predicted molar refractivity (Wildman–Crippen MR) is 114 cm³/mol. The Balaban J connectivity index is 1.84. The standard InChI is InChI=1S/C23H21ClFNO4/c1-2-29-21-9-5-7-16(22(21)30-14-17-6-3-4-8-19(17)25)13-26-20-12-15(23(27)28)10-11-18(20)24/h3-12,26H,2,13-14H2,1H3,(H,27,28). The Labute approximate surface area is 179 Å². The fourth-order valence-electron chi connectivity index (χ4n) is 2.88. The predicted octanol–water partition coefficient (Wildman–Crippen LogP) is 5.77. The van der Waals surface area contributed by atoms with Gasteiger partial charge in [0.15, 0.2) is 11.5 Å². The number of carboxylic acids is 1. The molecular formula is C23H21ClFNO4. The third kappa shape index (κ3) is 5.21. The van der Waals surface area contributed by atoms with Crippen LogP contribution in [0.15, 0.2) is 60.7 Å². The van der Waals surface area contributed by atoms with Crippen LogP contribution < -0.4 is 14.8 Å². The summed E-state index contributed by atoms with van der Waals surface area (Å²) in [6.07, 6.45) is 0. The Hall–Kier alpha value is -3.25. The van der Waals surface area contributed by atoms with Gasteiger partial charge in [0.25, 0.3) is 0 Å². The zero-order valence-electron chi connectivity index (χ0n) is 16.3. The van der Waals surface area contributed by atoms with Crippen molar-refractivity contribution in [1.29, 1.82) is 0 Å². The molecule has 0 aliphatic carbocycles. The maximum atomic E-state index is 14.0. The van der Waals surface area contributed by atoms with E-state index in [1.54, 1.807) is 24.3 Å². The Morgan fingerprint density at radius 2 is 1.83 bits per heavy atom. The Morgan fingerprint density at radius 1 is 1.07 bits per heavy atom. The summed E-state index contributed by atoms with van der Waals surface area (Å²) >= 11 is 6.19. The number of para-hydroxylation sites is 1. The van der Waals surface area contributed by atoms with E-state index in [-0.39, 0.29) is 18.0 Å². The van der Waals surface area contributed by atoms with Crippen LogP contribution in [-0.2, 0) is 13.2 Å². The van der Waals surface area contributed by atoms with Crippen LogP contribution in [0.2, 0.25) is 5.02 Å². The number of ether oxygens (including phenoxy) is 2. The van der Waals surface area contributed by atoms with Crippen LogP contribution in [0.5, 0.6) is 11.5 Å². The molecule has 0 bridgehead atoms. The molecule has 0 heterocycles. The summed E-state index contributed by atoms with van der Waals surface area (Å²) in [5.74, 6) is -0.357. The van der Waals surface area contributed by atoms with Crippen molar-refractivity contribution in [3.63, 3.8) is 0 Å². The molecule has 0 unspecified atom stereocenters. The SMILES string of the molecule is CCOc1cccc(CNc2cc(C(=O)O)ccc2Cl)c1OCc1ccccc1F. The summed E-state index contributed by atoms with van der Waals surface area (Å²) in [4.78, 5) is 11.2. The van der Waals surface area contributed by atoms with E-state index < -0.39 is 5.97 Å². The molecule has 0 amide bonds. The average molecular weight is 430 g/mol. The average Bonchev–Trinajstić information content (AvgIpc) is 2.73. The van der Waals surface area contributed by atoms with Crippen molar-refractivity contribution in [2.45, 2.75) is 20.1 Å². The van der Waals surface area contributed by atoms with Gasteiger partial charge in [-0.3, -0.25) is 0 Å². The van der Waals surface area contributed by atoms with Crippen LogP contribution in [-0.4, -0.2) is 17.7 Å². The molecule has 0 aliphatic heterocycles. The van der Waals surface area contributed by atoms with Crippen LogP contribution in [0.1, 0.15) is 28.4 Å². The molecule has 0 aliphatic rings. The molecule has 3 aromatic rings. The van der Waals surface area contributed by atoms with Gasteiger partial charge in [0, 0.05) is 17.7 Å². The van der Waals surface area contributed by atoms with Crippen molar-refractivity contribution < 1.29 is 23.8 Å². The normalized spacial score (nSPS) is 10.5. The second-order valence-electron chi connectivity index (χ2n) is 6.41. The minimum Gasteiger partial charge on any atom is -0.490 e. The second-order valence-corrected chi connectivity index (χ2v) is 6.82. The number of aromatic carboxylic acids is 1. The summed E-state index contributed by atoms with van der Waals surface area (Å²) in [5.41, 5.74) is 1.80. The largest absolute Gasteiger partial charge is 0.490 e. The fourth-order valence-corrected chi connectivity index (χ4v) is 3.07. The van der Waals surface area contributed by atoms with E-state index >= 15 is 0 Å². The Morgan fingerprint density at radius 3 is 2.57 bits per heavy atom. The number of hydrogen-bond acceptors (Lipinski definition) is 4. The smallest absolute Gasteiger partial charge is 0.335 e. The lowest BCUT2D eigenvalue weighted by molar-refractivity contribution is 0.0697. The van der Waals surface area contributed by atoms with Gasteiger partial charge in [0.2, 0.25) is 0 Å². The highest BCUT2D eigenvalue weighted by molar-refractivity contribution is 6.33. The lowest BCUT2D eigenvalue weighted by Gasteiger charge is -2.17. The van der Waals surface area contributed by atoms with Crippen molar-refractivity contribution in [3.05, 3.63) is 88.2 Å². The van der Waals surface area contributed by atoms with E-state index in [1.807, 2.05) is 19.1 Å². The molecule has 0 spiro atoms. The first-order valence-electron chi connectivity index (χ1n) is 9.37. The summed E-state index contributed by atoms with van der Waals surface area (Å²) in [7, 11) is 0. The number of rotatable bonds is 9. The molecule has 156 valence electrons. The Kier molecular flexibility index (Phi) is 7.14. The van der Waals surface area contributed by atoms with Crippen molar-refractivity contribution in [1.82, 2.24) is 0 Å². The monoisotopic (exact) mass is 429 g/mol. The highest BCUT2D eigenvalue weighted by Crippen LogP contribution is 2.33. The van der Waals surface area contributed by atoms with Gasteiger partial charge < -0.3 is 19.9 Å². The van der Waals surface area contributed by atoms with Gasteiger partial charge in [-0.05, 0) is 37.3 Å². The van der Waals surface area contributed by atoms with E-state index in [1.165, 1.54) is 24.3 Å². The van der Waals surface area contributed by atoms with Crippen molar-refractivity contribution >= 4 is 23.3 Å². The topological polar surface area (TPSA) is 67.8 Å². The molecule has 0 aromatic heterocycles. The first-order chi connectivity index (χ1) is 14.5. The molecule has 2 N–H and O–H groups in total. The molecule has 0 atom stereocenters. The van der Waals surface area contributed by atoms with Crippen LogP contribution in [0.4, 0.5) is 10.1 Å². The van der Waals surface area contributed by atoms with Crippen LogP contribution in [0.25, 0.3) is 0 Å². The lowest BCUT2D eigenvalue weighted by Crippen LogP contribution is -2.07. The summed E-state index contributed by atoms with van der Waals surface area (Å²) in [6, 6.07) is 16.3. The second kappa shape index (κ2) is 9.98. The number of halogens is 2. The van der Waals surface area contributed by atoms with E-state index in [0.717, 1.165) is 5.56 Å². The van der Waals surface area contributed by atoms with Gasteiger partial charge in [-0.25, -0.2) is 9.18 Å². The molecule has 3 aromatic carbocycles. The Bertz CT molecular complexity index is 1040. The van der Waals surface area contributed by atoms with E-state index in [9.17, 15) is 14.3 Å². The van der Waals surface area contributed by atoms with E-state index in [4.69, 9.17) is 21.1 Å². The third-order valence-corrected chi connectivity index (χ3v) is 4.70. The molecule has 5 nitrogen and oxygen atoms in total. The van der Waals surface area contributed by atoms with Gasteiger partial charge in [-0.15, -0.1) is 0 Å². The van der Waals surface area contributed by atoms with E-state index in [2.05, 4.69) is 5.32 Å². The maximum absolute atomic E-state index is 14.0. The summed E-state index contributed by atoms with van der Waals surface area (Å²) < 4.78 is 25.6. The molecule has 7 heteroatoms. The van der Waals surface area contributed by atoms with Crippen molar-refractivity contribution in [2.75, 3.05) is 11.9 Å². The number of nitrogens with one attached hydrogen (secondary N) is 1. The first-order valence-corrected chi connectivity index (χ1v) is 9.75. The fraction of sp³-hybridized carbons (Fsp3) is 0.174. The number of carboxylic acid groups (broad SMARTS) is 1. The molecule has 0 radical (unpaired) electrons. The minimum atomic E-state index is -1.04. The molecule has 3 rings (SSSR count). The molecular weight excluding hydrogens is 409 g/mol. The third-order valence-electron chi connectivity index (χ3n) is 4.37. The highest BCUT2D eigenvalue weighted by atomic mass is 35.5. The molecule has 0 saturated heterocycles. The lowest BCUT2D eigenvalue weighted by atomic mass is 10.1. The van der Waals surface area contributed by atoms with Crippen LogP contribution >= 0.6 is 11.6 Å². The summed E-state index contributed by atoms with van der Waals surface area (Å²) in [5, 5.41) is 12.7. The van der Waals surface area contributed by atoms with Crippen molar-refractivity contribution in [3.8, 4) is 11.5 Å². The zero-order valence-corrected chi connectivity index (χ0v) is 17.1. The van der Waals surface area contributed by atoms with Gasteiger partial charge in [0.1, 0.15) is 12.4 Å². The number of anilines is 1. The number of benzene rings is 3. The zero-order chi connectivity index (χ0) is 21.5. The summed E-state index contributed by atoms with van der Waals surface area (Å²) in [6.45, 7) is 2.65. The van der Waals surface area contributed by atoms with Gasteiger partial charge in [0.05, 0.1) is 22.9 Å². The molecule has 30 heavy (non-hydrogen) atoms. The maximum Gasteiger partial charge on any atom is 0.335 e. The van der Waals surface area contributed by atoms with Gasteiger partial charge in [-0.2, -0.15) is 0 Å². The van der Waals surface area contributed by atoms with Crippen LogP contribution in [0.3, 0.4) is 0 Å².